The smallest absolute Gasteiger partial charge is 0.409 e. The molecule has 3 rings (SSSR count). The van der Waals surface area contributed by atoms with Crippen molar-refractivity contribution in [3.8, 4) is 0 Å². The largest absolute Gasteiger partial charge is 0.453 e. The van der Waals surface area contributed by atoms with E-state index < -0.39 is 10.0 Å². The molecule has 0 atom stereocenters. The lowest BCUT2D eigenvalue weighted by Crippen LogP contribution is -2.50. The Morgan fingerprint density at radius 1 is 1.26 bits per heavy atom. The molecule has 0 aliphatic carbocycles. The Balaban J connectivity index is 1.67. The maximum Gasteiger partial charge on any atom is 0.409 e. The molecule has 9 heteroatoms. The van der Waals surface area contributed by atoms with E-state index in [1.807, 2.05) is 0 Å². The fraction of sp³-hybridized carbons (Fsp3) is 0.429. The Morgan fingerprint density at radius 3 is 2.65 bits per heavy atom. The highest BCUT2D eigenvalue weighted by molar-refractivity contribution is 7.90. The summed E-state index contributed by atoms with van der Waals surface area (Å²) < 4.78 is 32.9. The molecule has 0 bridgehead atoms. The van der Waals surface area contributed by atoms with Crippen molar-refractivity contribution < 1.29 is 17.9 Å². The zero-order valence-corrected chi connectivity index (χ0v) is 13.5. The quantitative estimate of drug-likeness (QED) is 0.848. The van der Waals surface area contributed by atoms with E-state index in [1.165, 1.54) is 13.2 Å². The third kappa shape index (κ3) is 3.30. The number of nitrogens with zero attached hydrogens (tertiary/aromatic N) is 3. The van der Waals surface area contributed by atoms with Gasteiger partial charge in [0, 0.05) is 26.2 Å². The first-order valence-corrected chi connectivity index (χ1v) is 8.69. The minimum absolute atomic E-state index is 0.194. The number of amides is 1. The van der Waals surface area contributed by atoms with E-state index in [1.54, 1.807) is 23.1 Å². The van der Waals surface area contributed by atoms with Crippen molar-refractivity contribution in [3.63, 3.8) is 0 Å². The molecule has 2 aliphatic heterocycles. The summed E-state index contributed by atoms with van der Waals surface area (Å²) in [5, 5.41) is 3.07. The lowest BCUT2D eigenvalue weighted by atomic mass is 10.3. The fourth-order valence-corrected chi connectivity index (χ4v) is 3.80. The molecule has 124 valence electrons. The second-order valence-electron chi connectivity index (χ2n) is 5.37. The summed E-state index contributed by atoms with van der Waals surface area (Å²) >= 11 is 0. The Morgan fingerprint density at radius 2 is 1.96 bits per heavy atom. The number of amidine groups is 1. The number of carbonyl (C=O) groups is 1. The molecule has 0 unspecified atom stereocenters. The number of ether oxygens (including phenoxy) is 1. The number of sulfonamides is 1. The summed E-state index contributed by atoms with van der Waals surface area (Å²) in [4.78, 5) is 15.3. The van der Waals surface area contributed by atoms with Crippen LogP contribution in [0.4, 0.5) is 10.5 Å². The van der Waals surface area contributed by atoms with E-state index >= 15 is 0 Å². The third-order valence-corrected chi connectivity index (χ3v) is 5.23. The van der Waals surface area contributed by atoms with Gasteiger partial charge in [-0.3, -0.25) is 4.90 Å². The van der Waals surface area contributed by atoms with E-state index in [9.17, 15) is 13.2 Å². The maximum absolute atomic E-state index is 12.2. The van der Waals surface area contributed by atoms with Gasteiger partial charge in [0.05, 0.1) is 19.3 Å². The summed E-state index contributed by atoms with van der Waals surface area (Å²) in [5.41, 5.74) is 0.547. The van der Waals surface area contributed by atoms with Gasteiger partial charge in [-0.15, -0.1) is 4.40 Å². The first-order valence-electron chi connectivity index (χ1n) is 7.25. The van der Waals surface area contributed by atoms with Crippen LogP contribution in [-0.2, 0) is 14.8 Å². The van der Waals surface area contributed by atoms with E-state index in [0.717, 1.165) is 0 Å². The zero-order valence-electron chi connectivity index (χ0n) is 12.7. The number of anilines is 1. The Labute approximate surface area is 134 Å². The number of carbonyl (C=O) groups excluding carboxylic acids is 1. The van der Waals surface area contributed by atoms with Crippen LogP contribution in [0.1, 0.15) is 0 Å². The number of benzene rings is 1. The molecule has 1 aromatic carbocycles. The van der Waals surface area contributed by atoms with Gasteiger partial charge >= 0.3 is 6.09 Å². The summed E-state index contributed by atoms with van der Waals surface area (Å²) in [7, 11) is -2.30. The zero-order chi connectivity index (χ0) is 16.4. The van der Waals surface area contributed by atoms with Gasteiger partial charge in [0.1, 0.15) is 10.7 Å². The van der Waals surface area contributed by atoms with Crippen molar-refractivity contribution in [3.05, 3.63) is 24.3 Å². The highest BCUT2D eigenvalue weighted by Gasteiger charge is 2.27. The highest BCUT2D eigenvalue weighted by atomic mass is 32.2. The van der Waals surface area contributed by atoms with Crippen LogP contribution in [0.5, 0.6) is 0 Å². The Hall–Kier alpha value is -2.13. The van der Waals surface area contributed by atoms with Crippen molar-refractivity contribution in [2.45, 2.75) is 4.90 Å². The number of rotatable bonds is 2. The summed E-state index contributed by atoms with van der Waals surface area (Å²) in [5.74, 6) is 0.398. The number of para-hydroxylation sites is 1. The van der Waals surface area contributed by atoms with Gasteiger partial charge < -0.3 is 15.0 Å². The van der Waals surface area contributed by atoms with Crippen molar-refractivity contribution in [1.29, 1.82) is 0 Å². The van der Waals surface area contributed by atoms with Crippen molar-refractivity contribution in [1.82, 2.24) is 9.80 Å². The van der Waals surface area contributed by atoms with Gasteiger partial charge in [-0.1, -0.05) is 12.1 Å². The number of methoxy groups -OCH3 is 1. The van der Waals surface area contributed by atoms with Gasteiger partial charge in [-0.2, -0.15) is 8.42 Å². The predicted molar refractivity (Wildman–Crippen MR) is 85.1 cm³/mol. The van der Waals surface area contributed by atoms with Crippen LogP contribution in [0.15, 0.2) is 33.6 Å². The molecule has 0 saturated carbocycles. The van der Waals surface area contributed by atoms with Crippen molar-refractivity contribution >= 4 is 27.6 Å². The number of nitrogens with one attached hydrogen (secondary N) is 1. The Kier molecular flexibility index (Phi) is 4.22. The minimum atomic E-state index is -3.66. The molecule has 0 radical (unpaired) electrons. The van der Waals surface area contributed by atoms with Gasteiger partial charge in [-0.25, -0.2) is 4.79 Å². The third-order valence-electron chi connectivity index (χ3n) is 3.85. The average molecular weight is 338 g/mol. The molecule has 1 fully saturated rings. The van der Waals surface area contributed by atoms with Crippen LogP contribution < -0.4 is 5.32 Å². The molecular formula is C14H18N4O4S. The van der Waals surface area contributed by atoms with E-state index in [0.29, 0.717) is 44.2 Å². The molecule has 0 spiro atoms. The average Bonchev–Trinajstić information content (AvgIpc) is 2.54. The number of fused-ring (bicyclic) bond motifs is 1. The van der Waals surface area contributed by atoms with Gasteiger partial charge in [0.25, 0.3) is 10.0 Å². The van der Waals surface area contributed by atoms with Gasteiger partial charge in [0.2, 0.25) is 0 Å². The molecular weight excluding hydrogens is 320 g/mol. The Bertz CT molecular complexity index is 739. The molecule has 1 saturated heterocycles. The first-order chi connectivity index (χ1) is 11.0. The van der Waals surface area contributed by atoms with Crippen molar-refractivity contribution in [2.75, 3.05) is 45.2 Å². The lowest BCUT2D eigenvalue weighted by Gasteiger charge is -2.34. The lowest BCUT2D eigenvalue weighted by molar-refractivity contribution is 0.0956. The van der Waals surface area contributed by atoms with Crippen molar-refractivity contribution in [2.24, 2.45) is 4.40 Å². The highest BCUT2D eigenvalue weighted by Crippen LogP contribution is 2.26. The van der Waals surface area contributed by atoms with Crippen LogP contribution in [-0.4, -0.2) is 70.0 Å². The van der Waals surface area contributed by atoms with Crippen LogP contribution in [0.2, 0.25) is 0 Å². The van der Waals surface area contributed by atoms with E-state index in [-0.39, 0.29) is 11.0 Å². The first kappa shape index (κ1) is 15.8. The number of hydrogen-bond donors (Lipinski definition) is 1. The van der Waals surface area contributed by atoms with Gasteiger partial charge in [0.15, 0.2) is 0 Å². The molecule has 1 amide bonds. The molecule has 2 heterocycles. The van der Waals surface area contributed by atoms with E-state index in [4.69, 9.17) is 4.74 Å². The number of hydrogen-bond acceptors (Lipinski definition) is 6. The molecule has 1 aromatic rings. The molecule has 2 aliphatic rings. The molecule has 1 N–H and O–H groups in total. The topological polar surface area (TPSA) is 91.3 Å². The standard InChI is InChI=1S/C14H18N4O4S/c1-22-14(19)18-8-6-17(7-9-18)10-13-15-11-4-2-3-5-12(11)23(20,21)16-13/h2-5H,6-10H2,1H3,(H,15,16). The monoisotopic (exact) mass is 338 g/mol. The van der Waals surface area contributed by atoms with Gasteiger partial charge in [-0.05, 0) is 12.1 Å². The molecule has 23 heavy (non-hydrogen) atoms. The molecule has 0 aromatic heterocycles. The normalized spacial score (nSPS) is 20.2. The van der Waals surface area contributed by atoms with E-state index in [2.05, 4.69) is 14.6 Å². The second-order valence-corrected chi connectivity index (χ2v) is 6.94. The number of piperazine rings is 1. The molecule has 8 nitrogen and oxygen atoms in total. The van der Waals surface area contributed by atoms with Crippen LogP contribution in [0, 0.1) is 0 Å². The summed E-state index contributed by atoms with van der Waals surface area (Å²) in [6.45, 7) is 2.75. The summed E-state index contributed by atoms with van der Waals surface area (Å²) in [6, 6.07) is 6.70. The minimum Gasteiger partial charge on any atom is -0.453 e. The fourth-order valence-electron chi connectivity index (χ4n) is 2.67. The SMILES string of the molecule is COC(=O)N1CCN(CC2=NS(=O)(=O)c3ccccc3N2)CC1. The van der Waals surface area contributed by atoms with Crippen LogP contribution in [0.25, 0.3) is 0 Å². The summed E-state index contributed by atoms with van der Waals surface area (Å²) in [6.07, 6.45) is -0.339. The van der Waals surface area contributed by atoms with Crippen LogP contribution in [0.3, 0.4) is 0 Å². The second kappa shape index (κ2) is 6.17. The van der Waals surface area contributed by atoms with Crippen LogP contribution >= 0.6 is 0 Å². The maximum atomic E-state index is 12.2. The predicted octanol–water partition coefficient (Wildman–Crippen LogP) is 0.583.